The van der Waals surface area contributed by atoms with Gasteiger partial charge in [-0.1, -0.05) is 23.7 Å². The van der Waals surface area contributed by atoms with Crippen molar-refractivity contribution in [2.45, 2.75) is 6.54 Å². The van der Waals surface area contributed by atoms with Crippen molar-refractivity contribution in [2.24, 2.45) is 0 Å². The first kappa shape index (κ1) is 19.7. The molecule has 0 spiro atoms. The van der Waals surface area contributed by atoms with Crippen molar-refractivity contribution in [1.82, 2.24) is 10.2 Å². The molecule has 0 fully saturated rings. The van der Waals surface area contributed by atoms with Crippen molar-refractivity contribution in [3.63, 3.8) is 0 Å². The summed E-state index contributed by atoms with van der Waals surface area (Å²) >= 11 is 5.98. The van der Waals surface area contributed by atoms with Crippen molar-refractivity contribution in [3.05, 3.63) is 58.9 Å². The third kappa shape index (κ3) is 5.72. The fourth-order valence-electron chi connectivity index (χ4n) is 2.34. The lowest BCUT2D eigenvalue weighted by Gasteiger charge is -2.18. The summed E-state index contributed by atoms with van der Waals surface area (Å²) in [5, 5.41) is 5.00. The number of para-hydroxylation sites is 1. The summed E-state index contributed by atoms with van der Waals surface area (Å²) in [6.45, 7) is 0.354. The Labute approximate surface area is 155 Å². The lowest BCUT2D eigenvalue weighted by atomic mass is 10.2. The van der Waals surface area contributed by atoms with Crippen molar-refractivity contribution in [3.8, 4) is 5.75 Å². The van der Waals surface area contributed by atoms with Crippen LogP contribution >= 0.6 is 11.6 Å². The van der Waals surface area contributed by atoms with Gasteiger partial charge in [-0.15, -0.1) is 0 Å². The second-order valence-electron chi connectivity index (χ2n) is 5.61. The smallest absolute Gasteiger partial charge is 0.326 e. The lowest BCUT2D eigenvalue weighted by molar-refractivity contribution is -0.120. The van der Waals surface area contributed by atoms with E-state index >= 15 is 0 Å². The summed E-state index contributed by atoms with van der Waals surface area (Å²) in [5.74, 6) is -0.457. The first-order valence-corrected chi connectivity index (χ1v) is 8.13. The number of hydrogen-bond acceptors (Lipinski definition) is 4. The SMILES string of the molecule is COc1ccc(Cl)cc1CN(C)CC(=O)NC(=O)Nc1ccccc1F. The van der Waals surface area contributed by atoms with E-state index in [0.29, 0.717) is 17.3 Å². The molecular weight excluding hydrogens is 361 g/mol. The molecule has 0 unspecified atom stereocenters. The van der Waals surface area contributed by atoms with E-state index < -0.39 is 17.8 Å². The van der Waals surface area contributed by atoms with Crippen LogP contribution < -0.4 is 15.4 Å². The van der Waals surface area contributed by atoms with Gasteiger partial charge in [-0.3, -0.25) is 15.0 Å². The summed E-state index contributed by atoms with van der Waals surface area (Å²) in [7, 11) is 3.27. The Hall–Kier alpha value is -2.64. The van der Waals surface area contributed by atoms with Gasteiger partial charge < -0.3 is 10.1 Å². The molecule has 2 N–H and O–H groups in total. The zero-order valence-electron chi connectivity index (χ0n) is 14.4. The van der Waals surface area contributed by atoms with E-state index in [-0.39, 0.29) is 12.2 Å². The monoisotopic (exact) mass is 379 g/mol. The van der Waals surface area contributed by atoms with Crippen LogP contribution in [0.2, 0.25) is 5.02 Å². The van der Waals surface area contributed by atoms with E-state index in [4.69, 9.17) is 16.3 Å². The Morgan fingerprint density at radius 2 is 1.96 bits per heavy atom. The molecule has 8 heteroatoms. The maximum absolute atomic E-state index is 13.5. The number of carbonyl (C=O) groups is 2. The second kappa shape index (κ2) is 9.17. The maximum atomic E-state index is 13.5. The van der Waals surface area contributed by atoms with Crippen molar-refractivity contribution in [2.75, 3.05) is 26.0 Å². The van der Waals surface area contributed by atoms with Gasteiger partial charge in [0.15, 0.2) is 0 Å². The molecule has 138 valence electrons. The summed E-state index contributed by atoms with van der Waals surface area (Å²) in [6, 6.07) is 10.1. The average Bonchev–Trinajstić information content (AvgIpc) is 2.56. The van der Waals surface area contributed by atoms with E-state index in [9.17, 15) is 14.0 Å². The number of ether oxygens (including phenoxy) is 1. The number of carbonyl (C=O) groups excluding carboxylic acids is 2. The first-order valence-electron chi connectivity index (χ1n) is 7.75. The predicted molar refractivity (Wildman–Crippen MR) is 97.9 cm³/mol. The summed E-state index contributed by atoms with van der Waals surface area (Å²) in [6.07, 6.45) is 0. The molecule has 0 saturated heterocycles. The Bertz CT molecular complexity index is 801. The van der Waals surface area contributed by atoms with Crippen LogP contribution in [0.4, 0.5) is 14.9 Å². The van der Waals surface area contributed by atoms with Crippen molar-refractivity contribution < 1.29 is 18.7 Å². The molecule has 3 amide bonds. The molecule has 2 rings (SSSR count). The topological polar surface area (TPSA) is 70.7 Å². The van der Waals surface area contributed by atoms with Crippen LogP contribution in [0.5, 0.6) is 5.75 Å². The highest BCUT2D eigenvalue weighted by molar-refractivity contribution is 6.30. The van der Waals surface area contributed by atoms with Gasteiger partial charge in [0.2, 0.25) is 5.91 Å². The molecule has 2 aromatic rings. The third-order valence-corrected chi connectivity index (χ3v) is 3.71. The highest BCUT2D eigenvalue weighted by Crippen LogP contribution is 2.23. The van der Waals surface area contributed by atoms with Gasteiger partial charge in [0, 0.05) is 17.1 Å². The van der Waals surface area contributed by atoms with E-state index in [0.717, 1.165) is 5.56 Å². The molecule has 6 nitrogen and oxygen atoms in total. The van der Waals surface area contributed by atoms with Gasteiger partial charge in [-0.05, 0) is 37.4 Å². The molecule has 2 aromatic carbocycles. The van der Waals surface area contributed by atoms with E-state index in [1.807, 2.05) is 0 Å². The Kier molecular flexibility index (Phi) is 6.94. The van der Waals surface area contributed by atoms with Crippen LogP contribution in [-0.2, 0) is 11.3 Å². The average molecular weight is 380 g/mol. The molecule has 0 heterocycles. The highest BCUT2D eigenvalue weighted by Gasteiger charge is 2.14. The Balaban J connectivity index is 1.88. The summed E-state index contributed by atoms with van der Waals surface area (Å²) in [5.41, 5.74) is 0.806. The molecular formula is C18H19ClFN3O3. The second-order valence-corrected chi connectivity index (χ2v) is 6.05. The molecule has 0 aliphatic rings. The molecule has 0 atom stereocenters. The number of anilines is 1. The van der Waals surface area contributed by atoms with Gasteiger partial charge in [-0.25, -0.2) is 9.18 Å². The Morgan fingerprint density at radius 1 is 1.23 bits per heavy atom. The number of hydrogen-bond donors (Lipinski definition) is 2. The van der Waals surface area contributed by atoms with Crippen LogP contribution in [0.25, 0.3) is 0 Å². The first-order chi connectivity index (χ1) is 12.4. The van der Waals surface area contributed by atoms with Gasteiger partial charge >= 0.3 is 6.03 Å². The number of amides is 3. The van der Waals surface area contributed by atoms with E-state index in [2.05, 4.69) is 10.6 Å². The predicted octanol–water partition coefficient (Wildman–Crippen LogP) is 3.27. The number of imide groups is 1. The van der Waals surface area contributed by atoms with Gasteiger partial charge in [-0.2, -0.15) is 0 Å². The number of nitrogens with one attached hydrogen (secondary N) is 2. The number of methoxy groups -OCH3 is 1. The zero-order chi connectivity index (χ0) is 19.1. The van der Waals surface area contributed by atoms with Gasteiger partial charge in [0.05, 0.1) is 19.3 Å². The number of rotatable bonds is 6. The number of benzene rings is 2. The van der Waals surface area contributed by atoms with Crippen LogP contribution in [-0.4, -0.2) is 37.5 Å². The minimum Gasteiger partial charge on any atom is -0.496 e. The fraction of sp³-hybridized carbons (Fsp3) is 0.222. The van der Waals surface area contributed by atoms with E-state index in [1.165, 1.54) is 18.2 Å². The van der Waals surface area contributed by atoms with Crippen LogP contribution in [0, 0.1) is 5.82 Å². The van der Waals surface area contributed by atoms with Crippen molar-refractivity contribution >= 4 is 29.2 Å². The minimum absolute atomic E-state index is 0.00480. The van der Waals surface area contributed by atoms with Crippen LogP contribution in [0.15, 0.2) is 42.5 Å². The fourth-order valence-corrected chi connectivity index (χ4v) is 2.54. The molecule has 0 aromatic heterocycles. The van der Waals surface area contributed by atoms with Gasteiger partial charge in [0.1, 0.15) is 11.6 Å². The standard InChI is InChI=1S/C18H19ClFN3O3/c1-23(10-12-9-13(19)7-8-16(12)26-2)11-17(24)22-18(25)21-15-6-4-3-5-14(15)20/h3-9H,10-11H2,1-2H3,(H2,21,22,24,25). The molecule has 0 radical (unpaired) electrons. The number of urea groups is 1. The molecule has 0 bridgehead atoms. The molecule has 0 aliphatic heterocycles. The quantitative estimate of drug-likeness (QED) is 0.808. The van der Waals surface area contributed by atoms with Crippen LogP contribution in [0.3, 0.4) is 0 Å². The molecule has 26 heavy (non-hydrogen) atoms. The van der Waals surface area contributed by atoms with Crippen LogP contribution in [0.1, 0.15) is 5.56 Å². The number of likely N-dealkylation sites (N-methyl/N-ethyl adjacent to an activating group) is 1. The highest BCUT2D eigenvalue weighted by atomic mass is 35.5. The van der Waals surface area contributed by atoms with E-state index in [1.54, 1.807) is 43.3 Å². The summed E-state index contributed by atoms with van der Waals surface area (Å²) in [4.78, 5) is 25.5. The third-order valence-electron chi connectivity index (χ3n) is 3.47. The zero-order valence-corrected chi connectivity index (χ0v) is 15.1. The lowest BCUT2D eigenvalue weighted by Crippen LogP contribution is -2.40. The maximum Gasteiger partial charge on any atom is 0.326 e. The van der Waals surface area contributed by atoms with Gasteiger partial charge in [0.25, 0.3) is 0 Å². The number of nitrogens with zero attached hydrogens (tertiary/aromatic N) is 1. The minimum atomic E-state index is -0.797. The summed E-state index contributed by atoms with van der Waals surface area (Å²) < 4.78 is 18.7. The van der Waals surface area contributed by atoms with Crippen molar-refractivity contribution in [1.29, 1.82) is 0 Å². The number of halogens is 2. The normalized spacial score (nSPS) is 10.5. The molecule has 0 aliphatic carbocycles. The molecule has 0 saturated carbocycles. The Morgan fingerprint density at radius 3 is 2.65 bits per heavy atom. The largest absolute Gasteiger partial charge is 0.496 e.